The Morgan fingerprint density at radius 2 is 2.38 bits per heavy atom. The highest BCUT2D eigenvalue weighted by Gasteiger charge is 2.15. The van der Waals surface area contributed by atoms with E-state index in [9.17, 15) is 4.79 Å². The van der Waals surface area contributed by atoms with E-state index >= 15 is 0 Å². The van der Waals surface area contributed by atoms with Gasteiger partial charge >= 0.3 is 0 Å². The fourth-order valence-corrected chi connectivity index (χ4v) is 2.02. The summed E-state index contributed by atoms with van der Waals surface area (Å²) in [6.45, 7) is 0.944. The Balaban J connectivity index is 2.36. The van der Waals surface area contributed by atoms with Crippen LogP contribution in [0.1, 0.15) is 5.56 Å². The lowest BCUT2D eigenvalue weighted by molar-refractivity contribution is -0.109. The van der Waals surface area contributed by atoms with Gasteiger partial charge in [0.15, 0.2) is 0 Å². The average molecular weight is 194 g/mol. The lowest BCUT2D eigenvalue weighted by Gasteiger charge is -2.16. The van der Waals surface area contributed by atoms with Crippen LogP contribution in [0.4, 0.5) is 5.69 Å². The van der Waals surface area contributed by atoms with Crippen LogP contribution in [0.15, 0.2) is 23.1 Å². The van der Waals surface area contributed by atoms with Crippen molar-refractivity contribution in [3.05, 3.63) is 23.8 Å². The van der Waals surface area contributed by atoms with Crippen molar-refractivity contribution in [2.24, 2.45) is 5.73 Å². The summed E-state index contributed by atoms with van der Waals surface area (Å²) < 4.78 is 0. The van der Waals surface area contributed by atoms with E-state index in [1.54, 1.807) is 0 Å². The molecule has 1 heterocycles. The molecule has 1 aromatic rings. The Labute approximate surface area is 80.7 Å². The monoisotopic (exact) mass is 194 g/mol. The second kappa shape index (κ2) is 3.40. The van der Waals surface area contributed by atoms with E-state index in [1.165, 1.54) is 11.8 Å². The molecule has 0 fully saturated rings. The predicted octanol–water partition coefficient (Wildman–Crippen LogP) is 1.19. The number of benzene rings is 1. The third-order valence-electron chi connectivity index (χ3n) is 1.93. The summed E-state index contributed by atoms with van der Waals surface area (Å²) in [7, 11) is 0. The largest absolute Gasteiger partial charge is 0.376 e. The fourth-order valence-electron chi connectivity index (χ4n) is 1.26. The first-order valence-electron chi connectivity index (χ1n) is 4.07. The molecule has 0 saturated carbocycles. The maximum Gasteiger partial charge on any atom is 0.212 e. The van der Waals surface area contributed by atoms with Crippen LogP contribution in [0.3, 0.4) is 0 Å². The third kappa shape index (κ3) is 1.68. The van der Waals surface area contributed by atoms with Gasteiger partial charge in [-0.25, -0.2) is 0 Å². The lowest BCUT2D eigenvalue weighted by atomic mass is 10.2. The molecule has 2 rings (SSSR count). The summed E-state index contributed by atoms with van der Waals surface area (Å²) in [6.07, 6.45) is 0. The lowest BCUT2D eigenvalue weighted by Crippen LogP contribution is -2.16. The van der Waals surface area contributed by atoms with Crippen LogP contribution < -0.4 is 11.1 Å². The quantitative estimate of drug-likeness (QED) is 0.705. The molecule has 68 valence electrons. The highest BCUT2D eigenvalue weighted by molar-refractivity contribution is 8.14. The summed E-state index contributed by atoms with van der Waals surface area (Å²) in [6, 6.07) is 5.88. The van der Waals surface area contributed by atoms with E-state index < -0.39 is 0 Å². The van der Waals surface area contributed by atoms with Gasteiger partial charge in [-0.15, -0.1) is 0 Å². The number of thioether (sulfide) groups is 1. The van der Waals surface area contributed by atoms with Gasteiger partial charge in [-0.05, 0) is 29.5 Å². The maximum atomic E-state index is 11.1. The van der Waals surface area contributed by atoms with Gasteiger partial charge in [0.2, 0.25) is 5.12 Å². The Hall–Kier alpha value is -1.000. The zero-order chi connectivity index (χ0) is 9.26. The van der Waals surface area contributed by atoms with Gasteiger partial charge in [0.25, 0.3) is 0 Å². The van der Waals surface area contributed by atoms with Crippen molar-refractivity contribution in [3.63, 3.8) is 0 Å². The number of hydrogen-bond acceptors (Lipinski definition) is 4. The van der Waals surface area contributed by atoms with Gasteiger partial charge in [0, 0.05) is 17.1 Å². The van der Waals surface area contributed by atoms with Crippen molar-refractivity contribution in [2.45, 2.75) is 11.4 Å². The second-order valence-electron chi connectivity index (χ2n) is 2.86. The number of nitrogens with one attached hydrogen (secondary N) is 1. The number of hydrogen-bond donors (Lipinski definition) is 2. The summed E-state index contributed by atoms with van der Waals surface area (Å²) in [5, 5.41) is 3.22. The Kier molecular flexibility index (Phi) is 2.24. The molecule has 1 aromatic carbocycles. The van der Waals surface area contributed by atoms with Crippen molar-refractivity contribution < 1.29 is 4.79 Å². The minimum Gasteiger partial charge on any atom is -0.376 e. The molecule has 0 unspecified atom stereocenters. The van der Waals surface area contributed by atoms with Gasteiger partial charge in [0.1, 0.15) is 0 Å². The normalized spacial score (nSPS) is 15.0. The molecule has 4 heteroatoms. The van der Waals surface area contributed by atoms with Crippen molar-refractivity contribution in [1.82, 2.24) is 0 Å². The zero-order valence-corrected chi connectivity index (χ0v) is 7.86. The van der Waals surface area contributed by atoms with Crippen molar-refractivity contribution in [1.29, 1.82) is 0 Å². The molecule has 3 nitrogen and oxygen atoms in total. The van der Waals surface area contributed by atoms with Crippen LogP contribution in [0.25, 0.3) is 0 Å². The molecule has 0 amide bonds. The van der Waals surface area contributed by atoms with Crippen LogP contribution in [0.2, 0.25) is 0 Å². The minimum atomic E-state index is 0.160. The van der Waals surface area contributed by atoms with Crippen molar-refractivity contribution >= 4 is 22.6 Å². The molecule has 0 spiro atoms. The molecule has 0 bridgehead atoms. The molecule has 3 N–H and O–H groups in total. The van der Waals surface area contributed by atoms with Gasteiger partial charge in [0.05, 0.1) is 6.54 Å². The molecule has 0 aliphatic carbocycles. The highest BCUT2D eigenvalue weighted by Crippen LogP contribution is 2.32. The summed E-state index contributed by atoms with van der Waals surface area (Å²) in [5.74, 6) is 0. The SMILES string of the molecule is NCc1ccc2c(c1)NCC(=O)S2. The fraction of sp³-hybridized carbons (Fsp3) is 0.222. The predicted molar refractivity (Wildman–Crippen MR) is 53.7 cm³/mol. The second-order valence-corrected chi connectivity index (χ2v) is 3.96. The molecule has 1 aliphatic heterocycles. The van der Waals surface area contributed by atoms with E-state index in [0.29, 0.717) is 13.1 Å². The summed E-state index contributed by atoms with van der Waals surface area (Å²) in [5.41, 5.74) is 7.61. The average Bonchev–Trinajstić information content (AvgIpc) is 2.17. The first kappa shape index (κ1) is 8.59. The number of fused-ring (bicyclic) bond motifs is 1. The van der Waals surface area contributed by atoms with Crippen molar-refractivity contribution in [2.75, 3.05) is 11.9 Å². The van der Waals surface area contributed by atoms with E-state index in [-0.39, 0.29) is 5.12 Å². The molecular weight excluding hydrogens is 184 g/mol. The highest BCUT2D eigenvalue weighted by atomic mass is 32.2. The zero-order valence-electron chi connectivity index (χ0n) is 7.04. The molecule has 13 heavy (non-hydrogen) atoms. The van der Waals surface area contributed by atoms with Crippen LogP contribution in [-0.4, -0.2) is 11.7 Å². The third-order valence-corrected chi connectivity index (χ3v) is 2.87. The van der Waals surface area contributed by atoms with Gasteiger partial charge < -0.3 is 11.1 Å². The molecule has 0 radical (unpaired) electrons. The van der Waals surface area contributed by atoms with Crippen LogP contribution >= 0.6 is 11.8 Å². The number of anilines is 1. The molecular formula is C9H10N2OS. The summed E-state index contributed by atoms with van der Waals surface area (Å²) >= 11 is 1.29. The first-order valence-corrected chi connectivity index (χ1v) is 4.89. The van der Waals surface area contributed by atoms with E-state index in [0.717, 1.165) is 16.1 Å². The Morgan fingerprint density at radius 3 is 3.15 bits per heavy atom. The van der Waals surface area contributed by atoms with E-state index in [2.05, 4.69) is 5.32 Å². The van der Waals surface area contributed by atoms with Crippen LogP contribution in [0, 0.1) is 0 Å². The first-order chi connectivity index (χ1) is 6.29. The topological polar surface area (TPSA) is 55.1 Å². The van der Waals surface area contributed by atoms with Crippen molar-refractivity contribution in [3.8, 4) is 0 Å². The number of rotatable bonds is 1. The number of nitrogens with two attached hydrogens (primary N) is 1. The minimum absolute atomic E-state index is 0.160. The van der Waals surface area contributed by atoms with E-state index in [4.69, 9.17) is 5.73 Å². The van der Waals surface area contributed by atoms with Crippen LogP contribution in [-0.2, 0) is 11.3 Å². The molecule has 0 atom stereocenters. The molecule has 0 saturated heterocycles. The standard InChI is InChI=1S/C9H10N2OS/c10-4-6-1-2-8-7(3-6)11-5-9(12)13-8/h1-3,11H,4-5,10H2. The van der Waals surface area contributed by atoms with Gasteiger partial charge in [-0.2, -0.15) is 0 Å². The smallest absolute Gasteiger partial charge is 0.212 e. The Morgan fingerprint density at radius 1 is 1.54 bits per heavy atom. The van der Waals surface area contributed by atoms with Crippen LogP contribution in [0.5, 0.6) is 0 Å². The Bertz CT molecular complexity index is 351. The molecule has 0 aromatic heterocycles. The maximum absolute atomic E-state index is 11.1. The van der Waals surface area contributed by atoms with Gasteiger partial charge in [-0.1, -0.05) is 6.07 Å². The molecule has 1 aliphatic rings. The number of carbonyl (C=O) groups is 1. The summed E-state index contributed by atoms with van der Waals surface area (Å²) in [4.78, 5) is 12.0. The van der Waals surface area contributed by atoms with E-state index in [1.807, 2.05) is 18.2 Å². The van der Waals surface area contributed by atoms with Gasteiger partial charge in [-0.3, -0.25) is 4.79 Å². The number of carbonyl (C=O) groups excluding carboxylic acids is 1.